The normalized spacial score (nSPS) is 16.9. The summed E-state index contributed by atoms with van der Waals surface area (Å²) in [6.45, 7) is 3.84. The predicted molar refractivity (Wildman–Crippen MR) is 85.0 cm³/mol. The number of amides is 1. The number of carbonyl (C=O) groups is 1. The number of hydrogen-bond donors (Lipinski definition) is 2. The van der Waals surface area contributed by atoms with Crippen molar-refractivity contribution >= 4 is 5.91 Å². The van der Waals surface area contributed by atoms with E-state index in [1.54, 1.807) is 24.3 Å². The number of aliphatic hydroxyl groups is 1. The smallest absolute Gasteiger partial charge is 0.248 e. The van der Waals surface area contributed by atoms with Gasteiger partial charge in [-0.3, -0.25) is 9.69 Å². The molecule has 1 aliphatic rings. The fraction of sp³-hybridized carbons (Fsp3) is 0.467. The van der Waals surface area contributed by atoms with Crippen molar-refractivity contribution in [2.45, 2.75) is 12.6 Å². The van der Waals surface area contributed by atoms with E-state index < -0.39 is 12.0 Å². The van der Waals surface area contributed by atoms with E-state index in [9.17, 15) is 9.90 Å². The highest BCUT2D eigenvalue weighted by atomic mass is 16.5. The average Bonchev–Trinajstić information content (AvgIpc) is 3.04. The molecule has 0 bridgehead atoms. The largest absolute Gasteiger partial charge is 0.390 e. The number of β-amino-alcohol motifs (C(OH)–C–C–N with tert-alkyl or cyclic N) is 1. The fourth-order valence-corrected chi connectivity index (χ4v) is 2.55. The summed E-state index contributed by atoms with van der Waals surface area (Å²) >= 11 is 0. The molecule has 1 aliphatic heterocycles. The van der Waals surface area contributed by atoms with Crippen LogP contribution in [0, 0.1) is 0 Å². The van der Waals surface area contributed by atoms with Gasteiger partial charge in [-0.25, -0.2) is 0 Å². The van der Waals surface area contributed by atoms with Crippen molar-refractivity contribution in [1.29, 1.82) is 0 Å². The molecule has 1 fully saturated rings. The Balaban J connectivity index is 1.59. The van der Waals surface area contributed by atoms with E-state index in [2.05, 4.69) is 20.3 Å². The maximum Gasteiger partial charge on any atom is 0.248 e. The summed E-state index contributed by atoms with van der Waals surface area (Å²) in [7, 11) is 0. The molecule has 0 radical (unpaired) electrons. The molecular formula is C15H20N6O3. The van der Waals surface area contributed by atoms with Crippen LogP contribution in [0.1, 0.15) is 10.4 Å². The highest BCUT2D eigenvalue weighted by Crippen LogP contribution is 2.14. The van der Waals surface area contributed by atoms with Crippen LogP contribution >= 0.6 is 0 Å². The molecule has 1 atom stereocenters. The van der Waals surface area contributed by atoms with Gasteiger partial charge in [0.1, 0.15) is 0 Å². The van der Waals surface area contributed by atoms with Crippen molar-refractivity contribution in [2.75, 3.05) is 32.8 Å². The van der Waals surface area contributed by atoms with E-state index in [4.69, 9.17) is 10.5 Å². The Morgan fingerprint density at radius 2 is 1.96 bits per heavy atom. The van der Waals surface area contributed by atoms with Crippen LogP contribution in [0.2, 0.25) is 0 Å². The summed E-state index contributed by atoms with van der Waals surface area (Å²) in [5.74, 6) is -0.0472. The molecular weight excluding hydrogens is 312 g/mol. The molecule has 0 spiro atoms. The Kier molecular flexibility index (Phi) is 5.14. The van der Waals surface area contributed by atoms with Crippen molar-refractivity contribution in [2.24, 2.45) is 5.73 Å². The second-order valence-electron chi connectivity index (χ2n) is 5.68. The highest BCUT2D eigenvalue weighted by Gasteiger charge is 2.16. The molecule has 1 saturated heterocycles. The minimum Gasteiger partial charge on any atom is -0.390 e. The van der Waals surface area contributed by atoms with Gasteiger partial charge in [0.2, 0.25) is 11.7 Å². The molecule has 24 heavy (non-hydrogen) atoms. The number of ether oxygens (including phenoxy) is 1. The molecule has 9 nitrogen and oxygen atoms in total. The van der Waals surface area contributed by atoms with Gasteiger partial charge in [-0.15, -0.1) is 10.2 Å². The van der Waals surface area contributed by atoms with Crippen LogP contribution < -0.4 is 5.73 Å². The maximum absolute atomic E-state index is 11.1. The van der Waals surface area contributed by atoms with Gasteiger partial charge in [0.25, 0.3) is 0 Å². The zero-order valence-electron chi connectivity index (χ0n) is 13.2. The van der Waals surface area contributed by atoms with E-state index in [1.807, 2.05) is 0 Å². The molecule has 128 valence electrons. The molecule has 0 aliphatic carbocycles. The monoisotopic (exact) mass is 332 g/mol. The van der Waals surface area contributed by atoms with Crippen LogP contribution in [0.15, 0.2) is 24.3 Å². The van der Waals surface area contributed by atoms with E-state index >= 15 is 0 Å². The zero-order chi connectivity index (χ0) is 16.9. The van der Waals surface area contributed by atoms with Gasteiger partial charge in [-0.1, -0.05) is 12.1 Å². The summed E-state index contributed by atoms with van der Waals surface area (Å²) in [5.41, 5.74) is 6.37. The lowest BCUT2D eigenvalue weighted by atomic mass is 10.1. The highest BCUT2D eigenvalue weighted by molar-refractivity contribution is 5.93. The first-order valence-electron chi connectivity index (χ1n) is 7.78. The number of rotatable bonds is 6. The van der Waals surface area contributed by atoms with Crippen LogP contribution in [-0.4, -0.2) is 75.1 Å². The number of nitrogens with zero attached hydrogens (tertiary/aromatic N) is 5. The maximum atomic E-state index is 11.1. The number of benzene rings is 1. The summed E-state index contributed by atoms with van der Waals surface area (Å²) in [5, 5.41) is 22.4. The Morgan fingerprint density at radius 3 is 2.62 bits per heavy atom. The number of hydrogen-bond acceptors (Lipinski definition) is 7. The summed E-state index contributed by atoms with van der Waals surface area (Å²) in [4.78, 5) is 14.6. The van der Waals surface area contributed by atoms with E-state index in [-0.39, 0.29) is 6.54 Å². The zero-order valence-corrected chi connectivity index (χ0v) is 13.2. The Morgan fingerprint density at radius 1 is 1.25 bits per heavy atom. The molecule has 3 rings (SSSR count). The number of aliphatic hydroxyl groups excluding tert-OH is 1. The third-order valence-corrected chi connectivity index (χ3v) is 3.83. The van der Waals surface area contributed by atoms with E-state index in [0.29, 0.717) is 31.1 Å². The summed E-state index contributed by atoms with van der Waals surface area (Å²) in [6, 6.07) is 6.66. The van der Waals surface area contributed by atoms with Crippen molar-refractivity contribution in [3.8, 4) is 11.4 Å². The van der Waals surface area contributed by atoms with Crippen LogP contribution in [0.3, 0.4) is 0 Å². The Labute approximate surface area is 139 Å². The fourth-order valence-electron chi connectivity index (χ4n) is 2.55. The molecule has 1 unspecified atom stereocenters. The van der Waals surface area contributed by atoms with Gasteiger partial charge in [0.15, 0.2) is 0 Å². The first-order valence-corrected chi connectivity index (χ1v) is 7.78. The second-order valence-corrected chi connectivity index (χ2v) is 5.68. The topological polar surface area (TPSA) is 119 Å². The van der Waals surface area contributed by atoms with Gasteiger partial charge < -0.3 is 15.6 Å². The molecule has 1 aromatic carbocycles. The standard InChI is InChI=1S/C15H20N6O3/c16-14(23)11-1-3-12(4-2-11)15-17-19-21(18-15)10-13(22)9-20-5-7-24-8-6-20/h1-4,13,22H,5-10H2,(H2,16,23). The Hall–Kier alpha value is -2.36. The van der Waals surface area contributed by atoms with Gasteiger partial charge in [-0.05, 0) is 17.3 Å². The third kappa shape index (κ3) is 4.13. The van der Waals surface area contributed by atoms with Gasteiger partial charge in [-0.2, -0.15) is 4.80 Å². The van der Waals surface area contributed by atoms with Crippen molar-refractivity contribution in [3.05, 3.63) is 29.8 Å². The minimum atomic E-state index is -0.581. The number of carbonyl (C=O) groups excluding carboxylic acids is 1. The van der Waals surface area contributed by atoms with Crippen molar-refractivity contribution in [3.63, 3.8) is 0 Å². The third-order valence-electron chi connectivity index (χ3n) is 3.83. The number of aromatic nitrogens is 4. The lowest BCUT2D eigenvalue weighted by molar-refractivity contribution is 0.00988. The van der Waals surface area contributed by atoms with Crippen LogP contribution in [0.25, 0.3) is 11.4 Å². The average molecular weight is 332 g/mol. The molecule has 3 N–H and O–H groups in total. The van der Waals surface area contributed by atoms with Gasteiger partial charge in [0.05, 0.1) is 25.9 Å². The van der Waals surface area contributed by atoms with Crippen molar-refractivity contribution in [1.82, 2.24) is 25.1 Å². The Bertz CT molecular complexity index is 681. The molecule has 0 saturated carbocycles. The predicted octanol–water partition coefficient (Wildman–Crippen LogP) is -0.868. The van der Waals surface area contributed by atoms with E-state index in [0.717, 1.165) is 18.7 Å². The number of primary amides is 1. The lowest BCUT2D eigenvalue weighted by Crippen LogP contribution is -2.42. The number of tetrazole rings is 1. The van der Waals surface area contributed by atoms with Crippen molar-refractivity contribution < 1.29 is 14.6 Å². The molecule has 1 amide bonds. The number of morpholine rings is 1. The summed E-state index contributed by atoms with van der Waals surface area (Å²) < 4.78 is 5.28. The molecule has 2 aromatic rings. The van der Waals surface area contributed by atoms with Crippen LogP contribution in [-0.2, 0) is 11.3 Å². The van der Waals surface area contributed by atoms with Gasteiger partial charge in [0, 0.05) is 30.8 Å². The molecule has 2 heterocycles. The van der Waals surface area contributed by atoms with Gasteiger partial charge >= 0.3 is 0 Å². The van der Waals surface area contributed by atoms with E-state index in [1.165, 1.54) is 4.80 Å². The minimum absolute atomic E-state index is 0.268. The summed E-state index contributed by atoms with van der Waals surface area (Å²) in [6.07, 6.45) is -0.581. The van der Waals surface area contributed by atoms with Crippen LogP contribution in [0.4, 0.5) is 0 Å². The molecule has 1 aromatic heterocycles. The van der Waals surface area contributed by atoms with Crippen LogP contribution in [0.5, 0.6) is 0 Å². The molecule has 9 heteroatoms. The second kappa shape index (κ2) is 7.47. The first-order chi connectivity index (χ1) is 11.6. The number of nitrogens with two attached hydrogens (primary N) is 1. The first kappa shape index (κ1) is 16.5. The lowest BCUT2D eigenvalue weighted by Gasteiger charge is -2.28. The SMILES string of the molecule is NC(=O)c1ccc(-c2nnn(CC(O)CN3CCOCC3)n2)cc1. The quantitative estimate of drug-likeness (QED) is 0.706.